The maximum Gasteiger partial charge on any atom is 0.0545 e. The van der Waals surface area contributed by atoms with Gasteiger partial charge in [-0.05, 0) is 24.6 Å². The maximum atomic E-state index is 3.67. The molecule has 1 N–H and O–H groups in total. The molecule has 0 bridgehead atoms. The van der Waals surface area contributed by atoms with E-state index in [-0.39, 0.29) is 0 Å². The minimum absolute atomic E-state index is 1.17. The van der Waals surface area contributed by atoms with Gasteiger partial charge in [-0.2, -0.15) is 0 Å². The third kappa shape index (κ3) is 2.05. The highest BCUT2D eigenvalue weighted by Crippen LogP contribution is 2.43. The summed E-state index contributed by atoms with van der Waals surface area (Å²) in [5.41, 5.74) is 8.74. The van der Waals surface area contributed by atoms with Crippen LogP contribution in [-0.4, -0.2) is 9.55 Å². The number of para-hydroxylation sites is 2. The van der Waals surface area contributed by atoms with Gasteiger partial charge in [0.05, 0.1) is 5.69 Å². The van der Waals surface area contributed by atoms with Gasteiger partial charge in [0.2, 0.25) is 0 Å². The van der Waals surface area contributed by atoms with E-state index in [0.29, 0.717) is 0 Å². The number of hydrogen-bond acceptors (Lipinski definition) is 0. The molecule has 126 valence electrons. The fourth-order valence-corrected chi connectivity index (χ4v) is 4.06. The summed E-state index contributed by atoms with van der Waals surface area (Å²) in [5, 5.41) is 2.57. The van der Waals surface area contributed by atoms with Crippen molar-refractivity contribution in [1.82, 2.24) is 9.55 Å². The van der Waals surface area contributed by atoms with Crippen LogP contribution in [0.25, 0.3) is 44.2 Å². The first kappa shape index (κ1) is 15.0. The average molecular weight is 336 g/mol. The fraction of sp³-hybridized carbons (Fsp3) is 0.0833. The first-order valence-electron chi connectivity index (χ1n) is 8.96. The van der Waals surface area contributed by atoms with Crippen molar-refractivity contribution in [3.05, 3.63) is 84.6 Å². The molecule has 0 aliphatic rings. The van der Waals surface area contributed by atoms with Gasteiger partial charge < -0.3 is 9.55 Å². The van der Waals surface area contributed by atoms with Crippen LogP contribution < -0.4 is 0 Å². The quantitative estimate of drug-likeness (QED) is 0.390. The summed E-state index contributed by atoms with van der Waals surface area (Å²) in [5.74, 6) is 0. The monoisotopic (exact) mass is 336 g/mol. The summed E-state index contributed by atoms with van der Waals surface area (Å²) >= 11 is 0. The van der Waals surface area contributed by atoms with Crippen LogP contribution in [0.4, 0.5) is 0 Å². The van der Waals surface area contributed by atoms with Crippen molar-refractivity contribution < 1.29 is 0 Å². The van der Waals surface area contributed by atoms with E-state index in [9.17, 15) is 0 Å². The fourth-order valence-electron chi connectivity index (χ4n) is 4.06. The van der Waals surface area contributed by atoms with Crippen LogP contribution in [-0.2, 0) is 7.05 Å². The molecule has 0 unspecified atom stereocenters. The highest BCUT2D eigenvalue weighted by molar-refractivity contribution is 6.11. The standard InChI is InChI=1S/C24H20N2/c1-16-22(19-13-7-9-15-21(19)26(16)2)23-18-12-6-8-14-20(18)25-24(23)17-10-4-3-5-11-17/h3-15,25H,1-2H3. The van der Waals surface area contributed by atoms with Crippen molar-refractivity contribution in [3.8, 4) is 22.4 Å². The molecule has 0 saturated heterocycles. The Kier molecular flexibility index (Phi) is 3.26. The maximum absolute atomic E-state index is 3.67. The Morgan fingerprint density at radius 1 is 0.692 bits per heavy atom. The molecule has 2 heteroatoms. The summed E-state index contributed by atoms with van der Waals surface area (Å²) in [6.45, 7) is 2.21. The summed E-state index contributed by atoms with van der Waals surface area (Å²) in [6.07, 6.45) is 0. The molecule has 0 radical (unpaired) electrons. The van der Waals surface area contributed by atoms with Gasteiger partial charge in [0, 0.05) is 45.7 Å². The van der Waals surface area contributed by atoms with E-state index in [2.05, 4.69) is 102 Å². The molecular weight excluding hydrogens is 316 g/mol. The van der Waals surface area contributed by atoms with Crippen molar-refractivity contribution in [2.45, 2.75) is 6.92 Å². The number of fused-ring (bicyclic) bond motifs is 2. The van der Waals surface area contributed by atoms with E-state index in [1.807, 2.05) is 0 Å². The average Bonchev–Trinajstić information content (AvgIpc) is 3.19. The second-order valence-corrected chi connectivity index (χ2v) is 6.82. The van der Waals surface area contributed by atoms with Gasteiger partial charge >= 0.3 is 0 Å². The van der Waals surface area contributed by atoms with Crippen LogP contribution in [0.5, 0.6) is 0 Å². The smallest absolute Gasteiger partial charge is 0.0545 e. The molecule has 2 nitrogen and oxygen atoms in total. The van der Waals surface area contributed by atoms with Gasteiger partial charge in [-0.25, -0.2) is 0 Å². The lowest BCUT2D eigenvalue weighted by atomic mass is 9.96. The Morgan fingerprint density at radius 3 is 2.15 bits per heavy atom. The van der Waals surface area contributed by atoms with Gasteiger partial charge in [-0.15, -0.1) is 0 Å². The molecule has 26 heavy (non-hydrogen) atoms. The van der Waals surface area contributed by atoms with Gasteiger partial charge in [0.1, 0.15) is 0 Å². The van der Waals surface area contributed by atoms with E-state index in [0.717, 1.165) is 0 Å². The lowest BCUT2D eigenvalue weighted by Crippen LogP contribution is -1.91. The predicted octanol–water partition coefficient (Wildman–Crippen LogP) is 6.30. The minimum atomic E-state index is 1.17. The topological polar surface area (TPSA) is 20.7 Å². The van der Waals surface area contributed by atoms with Gasteiger partial charge in [-0.3, -0.25) is 0 Å². The molecule has 0 fully saturated rings. The van der Waals surface area contributed by atoms with Crippen LogP contribution in [0.2, 0.25) is 0 Å². The van der Waals surface area contributed by atoms with Crippen LogP contribution in [0, 0.1) is 6.92 Å². The summed E-state index contributed by atoms with van der Waals surface area (Å²) in [4.78, 5) is 3.67. The number of nitrogens with zero attached hydrogens (tertiary/aromatic N) is 1. The van der Waals surface area contributed by atoms with E-state index in [4.69, 9.17) is 0 Å². The number of benzene rings is 3. The van der Waals surface area contributed by atoms with Crippen LogP contribution >= 0.6 is 0 Å². The first-order chi connectivity index (χ1) is 12.8. The lowest BCUT2D eigenvalue weighted by Gasteiger charge is -2.07. The number of H-pyrrole nitrogens is 1. The molecule has 2 heterocycles. The second-order valence-electron chi connectivity index (χ2n) is 6.82. The van der Waals surface area contributed by atoms with Crippen LogP contribution in [0.3, 0.4) is 0 Å². The van der Waals surface area contributed by atoms with Crippen molar-refractivity contribution in [3.63, 3.8) is 0 Å². The molecule has 0 atom stereocenters. The molecular formula is C24H20N2. The molecule has 0 aliphatic carbocycles. The molecule has 0 spiro atoms. The second kappa shape index (κ2) is 5.63. The number of rotatable bonds is 2. The Balaban J connectivity index is 1.96. The Morgan fingerprint density at radius 2 is 1.35 bits per heavy atom. The number of nitrogens with one attached hydrogen (secondary N) is 1. The predicted molar refractivity (Wildman–Crippen MR) is 110 cm³/mol. The third-order valence-electron chi connectivity index (χ3n) is 5.42. The normalized spacial score (nSPS) is 11.5. The number of aromatic amines is 1. The van der Waals surface area contributed by atoms with Gasteiger partial charge in [-0.1, -0.05) is 66.7 Å². The van der Waals surface area contributed by atoms with Crippen molar-refractivity contribution in [2.24, 2.45) is 7.05 Å². The highest BCUT2D eigenvalue weighted by Gasteiger charge is 2.21. The van der Waals surface area contributed by atoms with Crippen molar-refractivity contribution >= 4 is 21.8 Å². The lowest BCUT2D eigenvalue weighted by molar-refractivity contribution is 0.920. The van der Waals surface area contributed by atoms with Crippen LogP contribution in [0.1, 0.15) is 5.69 Å². The van der Waals surface area contributed by atoms with Crippen molar-refractivity contribution in [1.29, 1.82) is 0 Å². The molecule has 0 aliphatic heterocycles. The van der Waals surface area contributed by atoms with E-state index < -0.39 is 0 Å². The summed E-state index contributed by atoms with van der Waals surface area (Å²) in [7, 11) is 2.15. The highest BCUT2D eigenvalue weighted by atomic mass is 14.9. The zero-order valence-electron chi connectivity index (χ0n) is 15.0. The molecule has 5 rings (SSSR count). The Labute approximate surface area is 152 Å². The number of hydrogen-bond donors (Lipinski definition) is 1. The first-order valence-corrected chi connectivity index (χ1v) is 8.96. The Bertz CT molecular complexity index is 1240. The largest absolute Gasteiger partial charge is 0.354 e. The minimum Gasteiger partial charge on any atom is -0.354 e. The molecule has 0 amide bonds. The number of aryl methyl sites for hydroxylation is 1. The van der Waals surface area contributed by atoms with Gasteiger partial charge in [0.15, 0.2) is 0 Å². The zero-order valence-corrected chi connectivity index (χ0v) is 15.0. The summed E-state index contributed by atoms with van der Waals surface area (Å²) in [6, 6.07) is 27.9. The number of aromatic nitrogens is 2. The van der Waals surface area contributed by atoms with E-state index >= 15 is 0 Å². The molecule has 0 saturated carbocycles. The SMILES string of the molecule is Cc1c(-c2c(-c3ccccc3)[nH]c3ccccc23)c2ccccc2n1C. The van der Waals surface area contributed by atoms with Crippen LogP contribution in [0.15, 0.2) is 78.9 Å². The molecule has 3 aromatic carbocycles. The third-order valence-corrected chi connectivity index (χ3v) is 5.42. The van der Waals surface area contributed by atoms with Crippen molar-refractivity contribution in [2.75, 3.05) is 0 Å². The molecule has 5 aromatic rings. The summed E-state index contributed by atoms with van der Waals surface area (Å²) < 4.78 is 2.29. The van der Waals surface area contributed by atoms with Gasteiger partial charge in [0.25, 0.3) is 0 Å². The molecule has 2 aromatic heterocycles. The zero-order chi connectivity index (χ0) is 17.7. The Hall–Kier alpha value is -3.26. The van der Waals surface area contributed by atoms with E-state index in [1.165, 1.54) is 49.9 Å². The van der Waals surface area contributed by atoms with E-state index in [1.54, 1.807) is 0 Å².